The van der Waals surface area contributed by atoms with Gasteiger partial charge in [0.1, 0.15) is 0 Å². The van der Waals surface area contributed by atoms with E-state index in [-0.39, 0.29) is 18.4 Å². The number of amides is 1. The van der Waals surface area contributed by atoms with Crippen LogP contribution in [0, 0.1) is 5.92 Å². The van der Waals surface area contributed by atoms with E-state index in [9.17, 15) is 4.79 Å². The Labute approximate surface area is 73.2 Å². The van der Waals surface area contributed by atoms with Crippen molar-refractivity contribution in [1.29, 1.82) is 0 Å². The molecule has 0 spiro atoms. The highest BCUT2D eigenvalue weighted by Crippen LogP contribution is 2.17. The smallest absolute Gasteiger partial charge is 0.223 e. The maximum atomic E-state index is 11.2. The molecule has 0 radical (unpaired) electrons. The number of hydrogen-bond donors (Lipinski definition) is 2. The van der Waals surface area contributed by atoms with Crippen molar-refractivity contribution >= 4 is 5.91 Å². The van der Waals surface area contributed by atoms with Crippen molar-refractivity contribution in [3.63, 3.8) is 0 Å². The predicted molar refractivity (Wildman–Crippen MR) is 46.7 cm³/mol. The Balaban J connectivity index is 2.16. The monoisotopic (exact) mass is 171 g/mol. The summed E-state index contributed by atoms with van der Waals surface area (Å²) in [6.07, 6.45) is 4.86. The van der Waals surface area contributed by atoms with Crippen molar-refractivity contribution in [2.75, 3.05) is 13.2 Å². The minimum Gasteiger partial charge on any atom is -0.396 e. The van der Waals surface area contributed by atoms with E-state index < -0.39 is 0 Å². The molecule has 12 heavy (non-hydrogen) atoms. The zero-order valence-corrected chi connectivity index (χ0v) is 7.38. The van der Waals surface area contributed by atoms with Crippen LogP contribution in [0.5, 0.6) is 0 Å². The Kier molecular flexibility index (Phi) is 4.08. The standard InChI is InChI=1S/C9H17NO2/c11-7-2-1-4-8-5-3-6-10-9(8)12/h8,11H,1-7H2,(H,10,12). The topological polar surface area (TPSA) is 49.3 Å². The first-order valence-corrected chi connectivity index (χ1v) is 4.73. The van der Waals surface area contributed by atoms with Gasteiger partial charge in [0, 0.05) is 19.1 Å². The van der Waals surface area contributed by atoms with Crippen molar-refractivity contribution in [3.05, 3.63) is 0 Å². The second-order valence-corrected chi connectivity index (χ2v) is 3.35. The first kappa shape index (κ1) is 9.52. The SMILES string of the molecule is O=C1NCCCC1CCCCO. The zero-order valence-electron chi connectivity index (χ0n) is 7.38. The summed E-state index contributed by atoms with van der Waals surface area (Å²) in [5, 5.41) is 11.4. The number of carbonyl (C=O) groups is 1. The molecule has 0 aromatic carbocycles. The maximum absolute atomic E-state index is 11.2. The van der Waals surface area contributed by atoms with Crippen molar-refractivity contribution in [1.82, 2.24) is 5.32 Å². The molecule has 70 valence electrons. The second kappa shape index (κ2) is 5.14. The van der Waals surface area contributed by atoms with Crippen molar-refractivity contribution in [2.24, 2.45) is 5.92 Å². The molecule has 1 aliphatic rings. The Morgan fingerprint density at radius 3 is 3.00 bits per heavy atom. The quantitative estimate of drug-likeness (QED) is 0.611. The average Bonchev–Trinajstić information content (AvgIpc) is 2.09. The van der Waals surface area contributed by atoms with Crippen LogP contribution in [0.25, 0.3) is 0 Å². The van der Waals surface area contributed by atoms with E-state index in [2.05, 4.69) is 5.32 Å². The van der Waals surface area contributed by atoms with Gasteiger partial charge in [-0.25, -0.2) is 0 Å². The zero-order chi connectivity index (χ0) is 8.81. The van der Waals surface area contributed by atoms with Crippen LogP contribution < -0.4 is 5.32 Å². The molecule has 1 heterocycles. The van der Waals surface area contributed by atoms with Gasteiger partial charge in [-0.3, -0.25) is 4.79 Å². The fraction of sp³-hybridized carbons (Fsp3) is 0.889. The lowest BCUT2D eigenvalue weighted by Gasteiger charge is -2.21. The van der Waals surface area contributed by atoms with Crippen molar-refractivity contribution in [3.8, 4) is 0 Å². The average molecular weight is 171 g/mol. The van der Waals surface area contributed by atoms with Gasteiger partial charge < -0.3 is 10.4 Å². The Morgan fingerprint density at radius 1 is 1.50 bits per heavy atom. The molecule has 2 N–H and O–H groups in total. The molecule has 1 amide bonds. The van der Waals surface area contributed by atoms with Crippen LogP contribution >= 0.6 is 0 Å². The molecule has 0 saturated carbocycles. The van der Waals surface area contributed by atoms with Gasteiger partial charge in [-0.15, -0.1) is 0 Å². The molecule has 1 atom stereocenters. The lowest BCUT2D eigenvalue weighted by molar-refractivity contribution is -0.126. The molecular formula is C9H17NO2. The summed E-state index contributed by atoms with van der Waals surface area (Å²) in [5.74, 6) is 0.421. The van der Waals surface area contributed by atoms with Crippen LogP contribution in [0.15, 0.2) is 0 Å². The Bertz CT molecular complexity index is 147. The highest BCUT2D eigenvalue weighted by molar-refractivity contribution is 5.79. The summed E-state index contributed by atoms with van der Waals surface area (Å²) < 4.78 is 0. The molecular weight excluding hydrogens is 154 g/mol. The third-order valence-electron chi connectivity index (χ3n) is 2.36. The number of carbonyl (C=O) groups excluding carboxylic acids is 1. The molecule has 0 aliphatic carbocycles. The van der Waals surface area contributed by atoms with Crippen LogP contribution in [0.3, 0.4) is 0 Å². The number of rotatable bonds is 4. The van der Waals surface area contributed by atoms with Gasteiger partial charge in [0.25, 0.3) is 0 Å². The highest BCUT2D eigenvalue weighted by atomic mass is 16.2. The summed E-state index contributed by atoms with van der Waals surface area (Å²) in [7, 11) is 0. The number of aliphatic hydroxyl groups is 1. The lowest BCUT2D eigenvalue weighted by atomic mass is 9.93. The van der Waals surface area contributed by atoms with E-state index >= 15 is 0 Å². The maximum Gasteiger partial charge on any atom is 0.223 e. The van der Waals surface area contributed by atoms with Crippen molar-refractivity contribution in [2.45, 2.75) is 32.1 Å². The summed E-state index contributed by atoms with van der Waals surface area (Å²) in [5.41, 5.74) is 0. The van der Waals surface area contributed by atoms with Gasteiger partial charge in [0.2, 0.25) is 5.91 Å². The number of piperidine rings is 1. The third-order valence-corrected chi connectivity index (χ3v) is 2.36. The Morgan fingerprint density at radius 2 is 2.33 bits per heavy atom. The van der Waals surface area contributed by atoms with Crippen LogP contribution in [0.2, 0.25) is 0 Å². The van der Waals surface area contributed by atoms with Crippen LogP contribution in [0.4, 0.5) is 0 Å². The molecule has 1 aliphatic heterocycles. The Hall–Kier alpha value is -0.570. The van der Waals surface area contributed by atoms with Gasteiger partial charge in [-0.2, -0.15) is 0 Å². The van der Waals surface area contributed by atoms with Crippen LogP contribution in [-0.2, 0) is 4.79 Å². The fourth-order valence-corrected chi connectivity index (χ4v) is 1.61. The molecule has 1 saturated heterocycles. The molecule has 3 nitrogen and oxygen atoms in total. The summed E-state index contributed by atoms with van der Waals surface area (Å²) >= 11 is 0. The number of aliphatic hydroxyl groups excluding tert-OH is 1. The first-order chi connectivity index (χ1) is 5.84. The molecule has 0 bridgehead atoms. The molecule has 3 heteroatoms. The summed E-state index contributed by atoms with van der Waals surface area (Å²) in [4.78, 5) is 11.2. The molecule has 0 aromatic rings. The van der Waals surface area contributed by atoms with Gasteiger partial charge >= 0.3 is 0 Å². The molecule has 0 aromatic heterocycles. The normalized spacial score (nSPS) is 23.8. The summed E-state index contributed by atoms with van der Waals surface area (Å²) in [6, 6.07) is 0. The van der Waals surface area contributed by atoms with Gasteiger partial charge in [0.15, 0.2) is 0 Å². The lowest BCUT2D eigenvalue weighted by Crippen LogP contribution is -2.36. The van der Waals surface area contributed by atoms with Crippen molar-refractivity contribution < 1.29 is 9.90 Å². The second-order valence-electron chi connectivity index (χ2n) is 3.35. The third kappa shape index (κ3) is 2.81. The molecule has 1 unspecified atom stereocenters. The van der Waals surface area contributed by atoms with Crippen LogP contribution in [0.1, 0.15) is 32.1 Å². The van der Waals surface area contributed by atoms with E-state index in [1.165, 1.54) is 0 Å². The van der Waals surface area contributed by atoms with E-state index in [0.29, 0.717) is 0 Å². The minimum absolute atomic E-state index is 0.208. The van der Waals surface area contributed by atoms with E-state index in [1.807, 2.05) is 0 Å². The van der Waals surface area contributed by atoms with E-state index in [1.54, 1.807) is 0 Å². The van der Waals surface area contributed by atoms with Crippen LogP contribution in [-0.4, -0.2) is 24.2 Å². The minimum atomic E-state index is 0.208. The predicted octanol–water partition coefficient (Wildman–Crippen LogP) is 0.675. The van der Waals surface area contributed by atoms with Gasteiger partial charge in [-0.1, -0.05) is 6.42 Å². The van der Waals surface area contributed by atoms with Gasteiger partial charge in [0.05, 0.1) is 0 Å². The molecule has 1 rings (SSSR count). The largest absolute Gasteiger partial charge is 0.396 e. The first-order valence-electron chi connectivity index (χ1n) is 4.73. The number of unbranched alkanes of at least 4 members (excludes halogenated alkanes) is 1. The van der Waals surface area contributed by atoms with Gasteiger partial charge in [-0.05, 0) is 25.7 Å². The summed E-state index contributed by atoms with van der Waals surface area (Å²) in [6.45, 7) is 1.09. The number of nitrogens with one attached hydrogen (secondary N) is 1. The number of hydrogen-bond acceptors (Lipinski definition) is 2. The highest BCUT2D eigenvalue weighted by Gasteiger charge is 2.20. The van der Waals surface area contributed by atoms with E-state index in [4.69, 9.17) is 5.11 Å². The fourth-order valence-electron chi connectivity index (χ4n) is 1.61. The van der Waals surface area contributed by atoms with E-state index in [0.717, 1.165) is 38.6 Å². The molecule has 1 fully saturated rings.